The average Bonchev–Trinajstić information content (AvgIpc) is 3.25. The van der Waals surface area contributed by atoms with Crippen molar-refractivity contribution in [1.82, 2.24) is 10.2 Å². The number of nitrogens with one attached hydrogen (secondary N) is 1. The Hall–Kier alpha value is -3.02. The number of carbonyl (C=O) groups is 2. The zero-order valence-corrected chi connectivity index (χ0v) is 18.8. The third-order valence-corrected chi connectivity index (χ3v) is 5.39. The molecule has 6 heteroatoms. The van der Waals surface area contributed by atoms with Crippen LogP contribution in [-0.4, -0.2) is 36.4 Å². The summed E-state index contributed by atoms with van der Waals surface area (Å²) in [6.07, 6.45) is 1.55. The van der Waals surface area contributed by atoms with Crippen LogP contribution in [0.25, 0.3) is 0 Å². The number of hydrogen-bond donors (Lipinski definition) is 1. The fourth-order valence-electron chi connectivity index (χ4n) is 3.70. The largest absolute Gasteiger partial charge is 0.493 e. The van der Waals surface area contributed by atoms with E-state index in [4.69, 9.17) is 9.47 Å². The average molecular weight is 425 g/mol. The number of benzene rings is 2. The summed E-state index contributed by atoms with van der Waals surface area (Å²) in [5, 5.41) is 2.98. The molecule has 166 valence electrons. The van der Waals surface area contributed by atoms with Crippen molar-refractivity contribution in [2.75, 3.05) is 13.7 Å². The van der Waals surface area contributed by atoms with Gasteiger partial charge in [-0.25, -0.2) is 0 Å². The highest BCUT2D eigenvalue weighted by atomic mass is 16.5. The summed E-state index contributed by atoms with van der Waals surface area (Å²) >= 11 is 0. The zero-order valence-electron chi connectivity index (χ0n) is 18.8. The summed E-state index contributed by atoms with van der Waals surface area (Å²) in [7, 11) is 1.60. The third-order valence-electron chi connectivity index (χ3n) is 5.39. The van der Waals surface area contributed by atoms with Crippen molar-refractivity contribution in [3.8, 4) is 11.5 Å². The van der Waals surface area contributed by atoms with Crippen molar-refractivity contribution in [1.29, 1.82) is 0 Å². The first-order valence-corrected chi connectivity index (χ1v) is 10.7. The summed E-state index contributed by atoms with van der Waals surface area (Å²) in [5.74, 6) is 1.18. The monoisotopic (exact) mass is 424 g/mol. The van der Waals surface area contributed by atoms with E-state index in [2.05, 4.69) is 5.32 Å². The van der Waals surface area contributed by atoms with Crippen LogP contribution < -0.4 is 14.8 Å². The molecule has 1 unspecified atom stereocenters. The first kappa shape index (κ1) is 22.7. The molecule has 1 fully saturated rings. The van der Waals surface area contributed by atoms with Crippen LogP contribution in [0.3, 0.4) is 0 Å². The van der Waals surface area contributed by atoms with E-state index in [1.807, 2.05) is 69.3 Å². The number of hydrogen-bond acceptors (Lipinski definition) is 4. The highest BCUT2D eigenvalue weighted by Crippen LogP contribution is 2.29. The van der Waals surface area contributed by atoms with Gasteiger partial charge in [-0.1, -0.05) is 57.2 Å². The topological polar surface area (TPSA) is 67.9 Å². The number of nitrogens with zero attached hydrogens (tertiary/aromatic N) is 1. The number of carbonyl (C=O) groups excluding carboxylic acids is 2. The van der Waals surface area contributed by atoms with Crippen LogP contribution in [0.5, 0.6) is 11.5 Å². The predicted octanol–water partition coefficient (Wildman–Crippen LogP) is 3.93. The second kappa shape index (κ2) is 9.86. The second-order valence-corrected chi connectivity index (χ2v) is 8.88. The molecule has 0 bridgehead atoms. The molecule has 1 N–H and O–H groups in total. The Morgan fingerprint density at radius 1 is 1.06 bits per heavy atom. The number of ether oxygens (including phenoxy) is 2. The summed E-state index contributed by atoms with van der Waals surface area (Å²) in [6.45, 7) is 7.10. The van der Waals surface area contributed by atoms with E-state index in [0.717, 1.165) is 17.5 Å². The molecule has 1 aliphatic heterocycles. The minimum absolute atomic E-state index is 0.0201. The number of amides is 2. The number of rotatable bonds is 7. The van der Waals surface area contributed by atoms with Crippen LogP contribution in [0, 0.1) is 5.41 Å². The highest BCUT2D eigenvalue weighted by molar-refractivity contribution is 5.90. The van der Waals surface area contributed by atoms with Gasteiger partial charge in [-0.2, -0.15) is 0 Å². The summed E-state index contributed by atoms with van der Waals surface area (Å²) < 4.78 is 11.4. The highest BCUT2D eigenvalue weighted by Gasteiger charge is 2.38. The van der Waals surface area contributed by atoms with Gasteiger partial charge < -0.3 is 19.7 Å². The molecule has 0 aromatic heterocycles. The lowest BCUT2D eigenvalue weighted by molar-refractivity contribution is -0.144. The molecule has 0 radical (unpaired) electrons. The molecule has 6 nitrogen and oxygen atoms in total. The van der Waals surface area contributed by atoms with Crippen LogP contribution >= 0.6 is 0 Å². The maximum Gasteiger partial charge on any atom is 0.243 e. The zero-order chi connectivity index (χ0) is 22.4. The molecule has 1 heterocycles. The van der Waals surface area contributed by atoms with Crippen LogP contribution in [-0.2, 0) is 22.7 Å². The second-order valence-electron chi connectivity index (χ2n) is 8.88. The lowest BCUT2D eigenvalue weighted by atomic mass is 9.94. The Labute approximate surface area is 184 Å². The van der Waals surface area contributed by atoms with E-state index in [1.165, 1.54) is 0 Å². The van der Waals surface area contributed by atoms with Gasteiger partial charge in [0.25, 0.3) is 0 Å². The molecule has 1 atom stereocenters. The van der Waals surface area contributed by atoms with E-state index < -0.39 is 11.5 Å². The maximum atomic E-state index is 12.8. The van der Waals surface area contributed by atoms with Gasteiger partial charge >= 0.3 is 0 Å². The van der Waals surface area contributed by atoms with E-state index in [9.17, 15) is 9.59 Å². The summed E-state index contributed by atoms with van der Waals surface area (Å²) in [4.78, 5) is 27.2. The number of methoxy groups -OCH3 is 1. The molecular formula is C25H32N2O4. The molecular weight excluding hydrogens is 392 g/mol. The van der Waals surface area contributed by atoms with Gasteiger partial charge in [-0.05, 0) is 36.1 Å². The SMILES string of the molecule is COc1cc(CNC(=O)C2CCCN2C(=O)C(C)(C)C)ccc1OCc1ccccc1. The molecule has 0 saturated carbocycles. The number of likely N-dealkylation sites (tertiary alicyclic amines) is 1. The van der Waals surface area contributed by atoms with E-state index >= 15 is 0 Å². The Bertz CT molecular complexity index is 905. The molecule has 0 spiro atoms. The quantitative estimate of drug-likeness (QED) is 0.731. The van der Waals surface area contributed by atoms with Gasteiger partial charge in [-0.3, -0.25) is 9.59 Å². The molecule has 2 aromatic carbocycles. The molecule has 3 rings (SSSR count). The van der Waals surface area contributed by atoms with Crippen molar-refractivity contribution in [2.24, 2.45) is 5.41 Å². The first-order chi connectivity index (χ1) is 14.8. The van der Waals surface area contributed by atoms with Crippen LogP contribution in [0.1, 0.15) is 44.7 Å². The maximum absolute atomic E-state index is 12.8. The third kappa shape index (κ3) is 5.78. The standard InChI is InChI=1S/C25H32N2O4/c1-25(2,3)24(29)27-14-8-11-20(27)23(28)26-16-19-12-13-21(22(15-19)30-4)31-17-18-9-6-5-7-10-18/h5-7,9-10,12-13,15,20H,8,11,14,16-17H2,1-4H3,(H,26,28). The fourth-order valence-corrected chi connectivity index (χ4v) is 3.70. The fraction of sp³-hybridized carbons (Fsp3) is 0.440. The van der Waals surface area contributed by atoms with Crippen LogP contribution in [0.2, 0.25) is 0 Å². The molecule has 2 amide bonds. The minimum atomic E-state index is -0.494. The van der Waals surface area contributed by atoms with Crippen molar-refractivity contribution in [3.63, 3.8) is 0 Å². The Morgan fingerprint density at radius 3 is 2.48 bits per heavy atom. The van der Waals surface area contributed by atoms with Crippen molar-refractivity contribution in [2.45, 2.75) is 52.8 Å². The van der Waals surface area contributed by atoms with Crippen molar-refractivity contribution >= 4 is 11.8 Å². The molecule has 2 aromatic rings. The smallest absolute Gasteiger partial charge is 0.243 e. The van der Waals surface area contributed by atoms with Gasteiger partial charge in [0.2, 0.25) is 11.8 Å². The van der Waals surface area contributed by atoms with Gasteiger partial charge in [0.05, 0.1) is 7.11 Å². The normalized spacial score (nSPS) is 16.1. The van der Waals surface area contributed by atoms with E-state index in [-0.39, 0.29) is 11.8 Å². The molecule has 1 aliphatic rings. The van der Waals surface area contributed by atoms with Crippen molar-refractivity contribution in [3.05, 3.63) is 59.7 Å². The molecule has 31 heavy (non-hydrogen) atoms. The van der Waals surface area contributed by atoms with E-state index in [0.29, 0.717) is 37.6 Å². The lowest BCUT2D eigenvalue weighted by Crippen LogP contribution is -2.49. The van der Waals surface area contributed by atoms with E-state index in [1.54, 1.807) is 12.0 Å². The first-order valence-electron chi connectivity index (χ1n) is 10.7. The molecule has 1 saturated heterocycles. The van der Waals surface area contributed by atoms with Gasteiger partial charge in [-0.15, -0.1) is 0 Å². The van der Waals surface area contributed by atoms with Gasteiger partial charge in [0.1, 0.15) is 12.6 Å². The summed E-state index contributed by atoms with van der Waals surface area (Å²) in [5.41, 5.74) is 1.49. The Balaban J connectivity index is 1.59. The van der Waals surface area contributed by atoms with Crippen LogP contribution in [0.4, 0.5) is 0 Å². The van der Waals surface area contributed by atoms with Gasteiger partial charge in [0.15, 0.2) is 11.5 Å². The van der Waals surface area contributed by atoms with Crippen molar-refractivity contribution < 1.29 is 19.1 Å². The minimum Gasteiger partial charge on any atom is -0.493 e. The molecule has 0 aliphatic carbocycles. The Morgan fingerprint density at radius 2 is 1.81 bits per heavy atom. The predicted molar refractivity (Wildman–Crippen MR) is 120 cm³/mol. The lowest BCUT2D eigenvalue weighted by Gasteiger charge is -2.30. The van der Waals surface area contributed by atoms with Gasteiger partial charge in [0, 0.05) is 18.5 Å². The summed E-state index contributed by atoms with van der Waals surface area (Å²) in [6, 6.07) is 15.2. The Kier molecular flexibility index (Phi) is 7.21. The van der Waals surface area contributed by atoms with Crippen LogP contribution in [0.15, 0.2) is 48.5 Å².